The highest BCUT2D eigenvalue weighted by Gasteiger charge is 2.34. The van der Waals surface area contributed by atoms with Crippen molar-refractivity contribution in [3.05, 3.63) is 23.8 Å². The lowest BCUT2D eigenvalue weighted by molar-refractivity contribution is -0.141. The molecule has 1 aromatic carbocycles. The summed E-state index contributed by atoms with van der Waals surface area (Å²) in [5.74, 6) is 1.04. The second-order valence-corrected chi connectivity index (χ2v) is 7.85. The Kier molecular flexibility index (Phi) is 6.20. The molecule has 3 heterocycles. The third-order valence-corrected chi connectivity index (χ3v) is 5.86. The van der Waals surface area contributed by atoms with E-state index in [1.165, 1.54) is 6.42 Å². The maximum Gasteiger partial charge on any atom is 0.251 e. The van der Waals surface area contributed by atoms with Gasteiger partial charge in [-0.1, -0.05) is 0 Å². The van der Waals surface area contributed by atoms with E-state index in [0.29, 0.717) is 36.3 Å². The van der Waals surface area contributed by atoms with Crippen LogP contribution in [0.1, 0.15) is 48.9 Å². The van der Waals surface area contributed by atoms with Gasteiger partial charge in [0.1, 0.15) is 6.10 Å². The fraction of sp³-hybridized carbons (Fsp3) is 0.619. The molecule has 29 heavy (non-hydrogen) atoms. The zero-order valence-electron chi connectivity index (χ0n) is 16.5. The first-order valence-corrected chi connectivity index (χ1v) is 10.4. The van der Waals surface area contributed by atoms with E-state index in [-0.39, 0.29) is 37.4 Å². The summed E-state index contributed by atoms with van der Waals surface area (Å²) in [4.78, 5) is 27.0. The number of benzene rings is 1. The van der Waals surface area contributed by atoms with Crippen molar-refractivity contribution in [1.29, 1.82) is 0 Å². The van der Waals surface area contributed by atoms with Crippen LogP contribution in [0.15, 0.2) is 18.2 Å². The maximum absolute atomic E-state index is 12.6. The van der Waals surface area contributed by atoms with Gasteiger partial charge in [0.2, 0.25) is 12.7 Å². The molecule has 8 nitrogen and oxygen atoms in total. The summed E-state index contributed by atoms with van der Waals surface area (Å²) in [7, 11) is 0. The first-order chi connectivity index (χ1) is 14.1. The number of nitrogens with one attached hydrogen (secondary N) is 1. The fourth-order valence-corrected chi connectivity index (χ4v) is 4.20. The van der Waals surface area contributed by atoms with Crippen LogP contribution < -0.4 is 14.8 Å². The first kappa shape index (κ1) is 20.0. The van der Waals surface area contributed by atoms with E-state index in [2.05, 4.69) is 5.32 Å². The number of amides is 2. The summed E-state index contributed by atoms with van der Waals surface area (Å²) < 4.78 is 16.6. The van der Waals surface area contributed by atoms with Gasteiger partial charge < -0.3 is 29.5 Å². The van der Waals surface area contributed by atoms with Gasteiger partial charge in [0, 0.05) is 18.7 Å². The summed E-state index contributed by atoms with van der Waals surface area (Å²) in [6, 6.07) is 4.73. The average Bonchev–Trinajstić information content (AvgIpc) is 3.23. The van der Waals surface area contributed by atoms with Gasteiger partial charge in [-0.05, 0) is 50.3 Å². The zero-order chi connectivity index (χ0) is 20.2. The van der Waals surface area contributed by atoms with Crippen LogP contribution in [0.3, 0.4) is 0 Å². The van der Waals surface area contributed by atoms with Crippen LogP contribution in [0.4, 0.5) is 0 Å². The Hall–Kier alpha value is -2.32. The zero-order valence-corrected chi connectivity index (χ0v) is 16.5. The Bertz CT molecular complexity index is 749. The van der Waals surface area contributed by atoms with Gasteiger partial charge in [-0.3, -0.25) is 9.59 Å². The monoisotopic (exact) mass is 404 g/mol. The molecular formula is C21H28N2O6. The molecule has 0 spiro atoms. The number of ether oxygens (including phenoxy) is 3. The summed E-state index contributed by atoms with van der Waals surface area (Å²) in [5, 5.41) is 12.7. The van der Waals surface area contributed by atoms with Crippen molar-refractivity contribution in [2.45, 2.75) is 56.8 Å². The van der Waals surface area contributed by atoms with Crippen molar-refractivity contribution in [2.75, 3.05) is 26.5 Å². The molecule has 3 atom stereocenters. The van der Waals surface area contributed by atoms with Crippen LogP contribution in [0.5, 0.6) is 11.5 Å². The van der Waals surface area contributed by atoms with Gasteiger partial charge >= 0.3 is 0 Å². The smallest absolute Gasteiger partial charge is 0.251 e. The molecule has 0 aliphatic carbocycles. The van der Waals surface area contributed by atoms with Crippen molar-refractivity contribution < 1.29 is 28.9 Å². The fourth-order valence-electron chi connectivity index (χ4n) is 4.20. The third kappa shape index (κ3) is 4.64. The van der Waals surface area contributed by atoms with Gasteiger partial charge in [-0.25, -0.2) is 0 Å². The van der Waals surface area contributed by atoms with Crippen molar-refractivity contribution in [3.8, 4) is 11.5 Å². The highest BCUT2D eigenvalue weighted by Crippen LogP contribution is 2.32. The van der Waals surface area contributed by atoms with Gasteiger partial charge in [0.25, 0.3) is 5.91 Å². The first-order valence-electron chi connectivity index (χ1n) is 10.4. The van der Waals surface area contributed by atoms with E-state index >= 15 is 0 Å². The highest BCUT2D eigenvalue weighted by atomic mass is 16.7. The summed E-state index contributed by atoms with van der Waals surface area (Å²) in [5.41, 5.74) is 0.466. The van der Waals surface area contributed by atoms with Crippen molar-refractivity contribution in [2.24, 2.45) is 0 Å². The Labute approximate surface area is 170 Å². The predicted molar refractivity (Wildman–Crippen MR) is 104 cm³/mol. The van der Waals surface area contributed by atoms with Gasteiger partial charge in [0.15, 0.2) is 11.5 Å². The van der Waals surface area contributed by atoms with Crippen LogP contribution in [0.2, 0.25) is 0 Å². The lowest BCUT2D eigenvalue weighted by atomic mass is 9.96. The Morgan fingerprint density at radius 1 is 1.10 bits per heavy atom. The minimum absolute atomic E-state index is 0.120. The molecule has 2 fully saturated rings. The molecule has 4 rings (SSSR count). The number of aliphatic hydroxyl groups is 1. The van der Waals surface area contributed by atoms with Crippen LogP contribution in [-0.4, -0.2) is 66.6 Å². The Balaban J connectivity index is 1.31. The molecular weight excluding hydrogens is 376 g/mol. The number of hydrogen-bond donors (Lipinski definition) is 2. The molecule has 2 amide bonds. The molecule has 1 aromatic rings. The van der Waals surface area contributed by atoms with Crippen LogP contribution in [0.25, 0.3) is 0 Å². The van der Waals surface area contributed by atoms with Crippen molar-refractivity contribution in [3.63, 3.8) is 0 Å². The molecule has 158 valence electrons. The lowest BCUT2D eigenvalue weighted by Gasteiger charge is -2.37. The standard InChI is InChI=1S/C21H28N2O6/c24-12-19-16(22-21(26)14-4-7-17-18(10-14)28-13-27-17)6-5-15(29-19)11-20(25)23-8-2-1-3-9-23/h4,7,10,15-16,19,24H,1-3,5-6,8-9,11-13H2,(H,22,26)/t15-,16+,19+/m1/s1. The molecule has 2 N–H and O–H groups in total. The van der Waals surface area contributed by atoms with Gasteiger partial charge in [-0.15, -0.1) is 0 Å². The second kappa shape index (κ2) is 9.00. The van der Waals surface area contributed by atoms with E-state index in [4.69, 9.17) is 14.2 Å². The molecule has 0 bridgehead atoms. The third-order valence-electron chi connectivity index (χ3n) is 5.86. The summed E-state index contributed by atoms with van der Waals surface area (Å²) in [6.45, 7) is 1.59. The topological polar surface area (TPSA) is 97.3 Å². The van der Waals surface area contributed by atoms with Crippen molar-refractivity contribution >= 4 is 11.8 Å². The largest absolute Gasteiger partial charge is 0.454 e. The number of likely N-dealkylation sites (tertiary alicyclic amines) is 1. The number of rotatable bonds is 5. The number of carbonyl (C=O) groups excluding carboxylic acids is 2. The molecule has 0 aromatic heterocycles. The van der Waals surface area contributed by atoms with E-state index in [9.17, 15) is 14.7 Å². The lowest BCUT2D eigenvalue weighted by Crippen LogP contribution is -2.51. The minimum Gasteiger partial charge on any atom is -0.454 e. The normalized spacial score (nSPS) is 26.2. The van der Waals surface area contributed by atoms with E-state index in [1.54, 1.807) is 18.2 Å². The number of carbonyl (C=O) groups is 2. The average molecular weight is 404 g/mol. The summed E-state index contributed by atoms with van der Waals surface area (Å²) in [6.07, 6.45) is 4.21. The minimum atomic E-state index is -0.527. The molecule has 0 unspecified atom stereocenters. The Morgan fingerprint density at radius 3 is 2.69 bits per heavy atom. The van der Waals surface area contributed by atoms with E-state index in [1.807, 2.05) is 4.90 Å². The molecule has 3 aliphatic rings. The van der Waals surface area contributed by atoms with Crippen LogP contribution >= 0.6 is 0 Å². The summed E-state index contributed by atoms with van der Waals surface area (Å²) >= 11 is 0. The predicted octanol–water partition coefficient (Wildman–Crippen LogP) is 1.46. The highest BCUT2D eigenvalue weighted by molar-refractivity contribution is 5.95. The number of aliphatic hydroxyl groups excluding tert-OH is 1. The van der Waals surface area contributed by atoms with Crippen molar-refractivity contribution in [1.82, 2.24) is 10.2 Å². The molecule has 0 radical (unpaired) electrons. The number of piperidine rings is 1. The van der Waals surface area contributed by atoms with Crippen LogP contribution in [-0.2, 0) is 9.53 Å². The van der Waals surface area contributed by atoms with E-state index in [0.717, 1.165) is 25.9 Å². The van der Waals surface area contributed by atoms with Gasteiger partial charge in [0.05, 0.1) is 25.2 Å². The number of hydrogen-bond acceptors (Lipinski definition) is 6. The molecule has 3 aliphatic heterocycles. The number of fused-ring (bicyclic) bond motifs is 1. The molecule has 0 saturated carbocycles. The van der Waals surface area contributed by atoms with E-state index < -0.39 is 6.10 Å². The maximum atomic E-state index is 12.6. The molecule has 8 heteroatoms. The quantitative estimate of drug-likeness (QED) is 0.771. The SMILES string of the molecule is O=C(N[C@H]1CC[C@H](CC(=O)N2CCCCC2)O[C@H]1CO)c1ccc2c(c1)OCO2. The molecule has 2 saturated heterocycles. The van der Waals surface area contributed by atoms with Gasteiger partial charge in [-0.2, -0.15) is 0 Å². The van der Waals surface area contributed by atoms with Crippen LogP contribution in [0, 0.1) is 0 Å². The number of nitrogens with zero attached hydrogens (tertiary/aromatic N) is 1. The Morgan fingerprint density at radius 2 is 1.90 bits per heavy atom. The second-order valence-electron chi connectivity index (χ2n) is 7.85.